The number of nitrogens with zero attached hydrogens (tertiary/aromatic N) is 1. The number of rotatable bonds is 6. The van der Waals surface area contributed by atoms with Crippen LogP contribution in [0.4, 0.5) is 11.4 Å². The third-order valence-corrected chi connectivity index (χ3v) is 4.59. The van der Waals surface area contributed by atoms with E-state index in [1.54, 1.807) is 29.6 Å². The lowest BCUT2D eigenvalue weighted by atomic mass is 10.2. The standard InChI is InChI=1S/C19H16N2O4S/c1-13-5-4-6-15(9-13)20-19(22)18-10-14(12-26-18)11-25-17-8-3-2-7-16(17)21(23)24/h2-10,12H,11H2,1H3,(H,20,22). The summed E-state index contributed by atoms with van der Waals surface area (Å²) < 4.78 is 5.54. The first kappa shape index (κ1) is 17.6. The minimum absolute atomic E-state index is 0.0832. The third-order valence-electron chi connectivity index (χ3n) is 3.61. The van der Waals surface area contributed by atoms with Gasteiger partial charge in [0.1, 0.15) is 6.61 Å². The zero-order chi connectivity index (χ0) is 18.5. The number of ether oxygens (including phenoxy) is 1. The van der Waals surface area contributed by atoms with Crippen molar-refractivity contribution in [3.63, 3.8) is 0 Å². The average Bonchev–Trinajstić information content (AvgIpc) is 3.09. The highest BCUT2D eigenvalue weighted by Gasteiger charge is 2.15. The molecule has 0 atom stereocenters. The lowest BCUT2D eigenvalue weighted by Crippen LogP contribution is -2.10. The minimum Gasteiger partial charge on any atom is -0.482 e. The zero-order valence-corrected chi connectivity index (χ0v) is 14.8. The van der Waals surface area contributed by atoms with Gasteiger partial charge in [-0.1, -0.05) is 24.3 Å². The van der Waals surface area contributed by atoms with Crippen LogP contribution in [0.15, 0.2) is 60.0 Å². The molecule has 0 radical (unpaired) electrons. The van der Waals surface area contributed by atoms with Crippen LogP contribution in [0.3, 0.4) is 0 Å². The van der Waals surface area contributed by atoms with E-state index in [9.17, 15) is 14.9 Å². The third kappa shape index (κ3) is 4.25. The van der Waals surface area contributed by atoms with Crippen LogP contribution in [0.2, 0.25) is 0 Å². The van der Waals surface area contributed by atoms with E-state index in [0.29, 0.717) is 4.88 Å². The second-order valence-corrected chi connectivity index (χ2v) is 6.57. The van der Waals surface area contributed by atoms with Crippen molar-refractivity contribution >= 4 is 28.6 Å². The number of anilines is 1. The summed E-state index contributed by atoms with van der Waals surface area (Å²) in [7, 11) is 0. The van der Waals surface area contributed by atoms with Crippen LogP contribution in [0.1, 0.15) is 20.8 Å². The minimum atomic E-state index is -0.482. The van der Waals surface area contributed by atoms with Gasteiger partial charge in [0, 0.05) is 17.3 Å². The normalized spacial score (nSPS) is 10.3. The van der Waals surface area contributed by atoms with Crippen molar-refractivity contribution < 1.29 is 14.5 Å². The lowest BCUT2D eigenvalue weighted by Gasteiger charge is -2.05. The van der Waals surface area contributed by atoms with Crippen LogP contribution >= 0.6 is 11.3 Å². The van der Waals surface area contributed by atoms with Crippen LogP contribution in [0.5, 0.6) is 5.75 Å². The molecule has 0 saturated heterocycles. The first-order valence-electron chi connectivity index (χ1n) is 7.84. The van der Waals surface area contributed by atoms with Gasteiger partial charge < -0.3 is 10.1 Å². The number of para-hydroxylation sites is 2. The Morgan fingerprint density at radius 2 is 2.00 bits per heavy atom. The Morgan fingerprint density at radius 1 is 1.19 bits per heavy atom. The summed E-state index contributed by atoms with van der Waals surface area (Å²) in [5, 5.41) is 15.7. The van der Waals surface area contributed by atoms with Crippen molar-refractivity contribution in [1.82, 2.24) is 0 Å². The molecule has 1 N–H and O–H groups in total. The molecular weight excluding hydrogens is 352 g/mol. The fourth-order valence-electron chi connectivity index (χ4n) is 2.38. The fourth-order valence-corrected chi connectivity index (χ4v) is 3.17. The van der Waals surface area contributed by atoms with Gasteiger partial charge in [0.25, 0.3) is 5.91 Å². The van der Waals surface area contributed by atoms with Crippen molar-refractivity contribution in [1.29, 1.82) is 0 Å². The molecule has 0 saturated carbocycles. The van der Waals surface area contributed by atoms with Crippen molar-refractivity contribution in [2.45, 2.75) is 13.5 Å². The van der Waals surface area contributed by atoms with Crippen molar-refractivity contribution in [3.05, 3.63) is 86.1 Å². The highest BCUT2D eigenvalue weighted by atomic mass is 32.1. The van der Waals surface area contributed by atoms with E-state index in [-0.39, 0.29) is 24.0 Å². The van der Waals surface area contributed by atoms with Gasteiger partial charge in [0.05, 0.1) is 9.80 Å². The summed E-state index contributed by atoms with van der Waals surface area (Å²) in [5.74, 6) is 0.00649. The molecule has 2 aromatic carbocycles. The molecule has 0 unspecified atom stereocenters. The number of aryl methyl sites for hydroxylation is 1. The molecule has 3 rings (SSSR count). The molecule has 26 heavy (non-hydrogen) atoms. The molecule has 132 valence electrons. The highest BCUT2D eigenvalue weighted by molar-refractivity contribution is 7.12. The van der Waals surface area contributed by atoms with E-state index < -0.39 is 4.92 Å². The number of nitro benzene ring substituents is 1. The Bertz CT molecular complexity index is 952. The molecule has 6 nitrogen and oxygen atoms in total. The Balaban J connectivity index is 1.65. The van der Waals surface area contributed by atoms with Gasteiger partial charge in [-0.15, -0.1) is 11.3 Å². The molecule has 0 bridgehead atoms. The first-order valence-corrected chi connectivity index (χ1v) is 8.72. The molecule has 0 aliphatic carbocycles. The molecular formula is C19H16N2O4S. The molecule has 7 heteroatoms. The molecule has 1 aromatic heterocycles. The van der Waals surface area contributed by atoms with Crippen molar-refractivity contribution in [2.75, 3.05) is 5.32 Å². The number of amides is 1. The van der Waals surface area contributed by atoms with Crippen LogP contribution in [-0.4, -0.2) is 10.8 Å². The molecule has 0 aliphatic heterocycles. The summed E-state index contributed by atoms with van der Waals surface area (Å²) >= 11 is 1.30. The first-order chi connectivity index (χ1) is 12.5. The SMILES string of the molecule is Cc1cccc(NC(=O)c2cc(COc3ccccc3[N+](=O)[O-])cs2)c1. The molecule has 1 amide bonds. The van der Waals surface area contributed by atoms with Gasteiger partial charge in [-0.05, 0) is 42.1 Å². The van der Waals surface area contributed by atoms with E-state index in [2.05, 4.69) is 5.32 Å². The number of carbonyl (C=O) groups excluding carboxylic acids is 1. The van der Waals surface area contributed by atoms with E-state index in [1.165, 1.54) is 17.4 Å². The number of benzene rings is 2. The molecule has 0 aliphatic rings. The molecule has 0 fully saturated rings. The van der Waals surface area contributed by atoms with Crippen LogP contribution < -0.4 is 10.1 Å². The van der Waals surface area contributed by atoms with Gasteiger partial charge in [-0.25, -0.2) is 0 Å². The fraction of sp³-hybridized carbons (Fsp3) is 0.105. The maximum absolute atomic E-state index is 12.3. The second kappa shape index (κ2) is 7.79. The predicted octanol–water partition coefficient (Wildman–Crippen LogP) is 4.80. The van der Waals surface area contributed by atoms with Gasteiger partial charge in [0.2, 0.25) is 0 Å². The highest BCUT2D eigenvalue weighted by Crippen LogP contribution is 2.27. The zero-order valence-electron chi connectivity index (χ0n) is 14.0. The lowest BCUT2D eigenvalue weighted by molar-refractivity contribution is -0.385. The number of carbonyl (C=O) groups is 1. The summed E-state index contributed by atoms with van der Waals surface area (Å²) in [4.78, 5) is 23.4. The molecule has 0 spiro atoms. The largest absolute Gasteiger partial charge is 0.482 e. The quantitative estimate of drug-likeness (QED) is 0.501. The Morgan fingerprint density at radius 3 is 2.77 bits per heavy atom. The summed E-state index contributed by atoms with van der Waals surface area (Å²) in [6, 6.07) is 15.5. The van der Waals surface area contributed by atoms with Crippen LogP contribution in [0.25, 0.3) is 0 Å². The van der Waals surface area contributed by atoms with E-state index in [4.69, 9.17) is 4.74 Å². The number of nitro groups is 1. The Labute approximate surface area is 154 Å². The van der Waals surface area contributed by atoms with Gasteiger partial charge in [-0.3, -0.25) is 14.9 Å². The number of hydrogen-bond acceptors (Lipinski definition) is 5. The van der Waals surface area contributed by atoms with Crippen molar-refractivity contribution in [3.8, 4) is 5.75 Å². The maximum atomic E-state index is 12.3. The summed E-state index contributed by atoms with van der Waals surface area (Å²) in [6.45, 7) is 2.11. The van der Waals surface area contributed by atoms with E-state index in [0.717, 1.165) is 16.8 Å². The van der Waals surface area contributed by atoms with Gasteiger partial charge in [0.15, 0.2) is 5.75 Å². The Kier molecular flexibility index (Phi) is 5.28. The van der Waals surface area contributed by atoms with Gasteiger partial charge in [-0.2, -0.15) is 0 Å². The molecule has 3 aromatic rings. The topological polar surface area (TPSA) is 81.5 Å². The Hall–Kier alpha value is -3.19. The second-order valence-electron chi connectivity index (χ2n) is 5.66. The average molecular weight is 368 g/mol. The summed E-state index contributed by atoms with van der Waals surface area (Å²) in [6.07, 6.45) is 0. The summed E-state index contributed by atoms with van der Waals surface area (Å²) in [5.41, 5.74) is 2.50. The predicted molar refractivity (Wildman–Crippen MR) is 101 cm³/mol. The number of nitrogens with one attached hydrogen (secondary N) is 1. The van der Waals surface area contributed by atoms with Crippen LogP contribution in [-0.2, 0) is 6.61 Å². The number of hydrogen-bond donors (Lipinski definition) is 1. The van der Waals surface area contributed by atoms with Gasteiger partial charge >= 0.3 is 5.69 Å². The maximum Gasteiger partial charge on any atom is 0.310 e. The molecule has 1 heterocycles. The van der Waals surface area contributed by atoms with E-state index in [1.807, 2.05) is 31.2 Å². The monoisotopic (exact) mass is 368 g/mol. The van der Waals surface area contributed by atoms with E-state index >= 15 is 0 Å². The van der Waals surface area contributed by atoms with Crippen molar-refractivity contribution in [2.24, 2.45) is 0 Å². The number of thiophene rings is 1. The van der Waals surface area contributed by atoms with Crippen LogP contribution in [0, 0.1) is 17.0 Å². The smallest absolute Gasteiger partial charge is 0.310 e.